The molecule has 4 nitrogen and oxygen atoms in total. The molecule has 0 aliphatic carbocycles. The number of hydrogen-bond acceptors (Lipinski definition) is 4. The van der Waals surface area contributed by atoms with Crippen molar-refractivity contribution in [2.45, 2.75) is 13.3 Å². The van der Waals surface area contributed by atoms with Crippen molar-refractivity contribution in [3.63, 3.8) is 0 Å². The third-order valence-electron chi connectivity index (χ3n) is 4.21. The topological polar surface area (TPSA) is 50.3 Å². The van der Waals surface area contributed by atoms with Crippen molar-refractivity contribution in [3.05, 3.63) is 65.7 Å². The van der Waals surface area contributed by atoms with Crippen molar-refractivity contribution >= 4 is 16.3 Å². The fraction of sp³-hybridized carbons (Fsp3) is 0.143. The molecular formula is C21H17N3OS. The van der Waals surface area contributed by atoms with Crippen LogP contribution >= 0.6 is 11.3 Å². The molecule has 0 fully saturated rings. The van der Waals surface area contributed by atoms with Gasteiger partial charge in [-0.2, -0.15) is 5.26 Å². The highest BCUT2D eigenvalue weighted by atomic mass is 32.1. The number of rotatable bonds is 5. The largest absolute Gasteiger partial charge is 0.494 e. The molecule has 0 saturated carbocycles. The van der Waals surface area contributed by atoms with Gasteiger partial charge >= 0.3 is 0 Å². The summed E-state index contributed by atoms with van der Waals surface area (Å²) in [5.41, 5.74) is 4.97. The van der Waals surface area contributed by atoms with Crippen molar-refractivity contribution in [1.82, 2.24) is 9.38 Å². The fourth-order valence-corrected chi connectivity index (χ4v) is 3.99. The number of fused-ring (bicyclic) bond motifs is 1. The molecule has 0 spiro atoms. The lowest BCUT2D eigenvalue weighted by molar-refractivity contribution is 0.340. The molecule has 26 heavy (non-hydrogen) atoms. The molecule has 0 bridgehead atoms. The molecule has 128 valence electrons. The summed E-state index contributed by atoms with van der Waals surface area (Å²) in [6.07, 6.45) is 0.306. The van der Waals surface area contributed by atoms with Crippen LogP contribution in [-0.4, -0.2) is 16.0 Å². The molecule has 2 aromatic carbocycles. The molecule has 0 aliphatic heterocycles. The number of imidazole rings is 1. The average molecular weight is 359 g/mol. The van der Waals surface area contributed by atoms with Crippen molar-refractivity contribution in [2.75, 3.05) is 6.61 Å². The van der Waals surface area contributed by atoms with Gasteiger partial charge < -0.3 is 4.74 Å². The molecule has 4 rings (SSSR count). The first kappa shape index (κ1) is 16.4. The normalized spacial score (nSPS) is 10.8. The zero-order valence-corrected chi connectivity index (χ0v) is 15.2. The van der Waals surface area contributed by atoms with E-state index in [-0.39, 0.29) is 0 Å². The standard InChI is InChI=1S/C21H17N3OS/c1-2-25-17-10-8-16(9-11-17)20-18(12-13-22)24-19(14-26-21(24)23-20)15-6-4-3-5-7-15/h3-11,14H,2,12H2,1H3. The molecule has 0 saturated heterocycles. The van der Waals surface area contributed by atoms with Crippen LogP contribution in [-0.2, 0) is 6.42 Å². The van der Waals surface area contributed by atoms with E-state index in [9.17, 15) is 5.26 Å². The van der Waals surface area contributed by atoms with Crippen LogP contribution in [0.3, 0.4) is 0 Å². The van der Waals surface area contributed by atoms with Gasteiger partial charge in [0.25, 0.3) is 0 Å². The van der Waals surface area contributed by atoms with E-state index in [4.69, 9.17) is 9.72 Å². The smallest absolute Gasteiger partial charge is 0.194 e. The van der Waals surface area contributed by atoms with Gasteiger partial charge in [0.15, 0.2) is 4.96 Å². The van der Waals surface area contributed by atoms with Gasteiger partial charge in [0.1, 0.15) is 5.75 Å². The monoisotopic (exact) mass is 359 g/mol. The molecule has 0 unspecified atom stereocenters. The molecule has 0 amide bonds. The molecule has 5 heteroatoms. The number of aromatic nitrogens is 2. The van der Waals surface area contributed by atoms with E-state index in [1.165, 1.54) is 0 Å². The summed E-state index contributed by atoms with van der Waals surface area (Å²) in [4.78, 5) is 5.71. The van der Waals surface area contributed by atoms with E-state index < -0.39 is 0 Å². The molecule has 0 aliphatic rings. The predicted octanol–water partition coefficient (Wildman–Crippen LogP) is 5.19. The molecule has 4 aromatic rings. The van der Waals surface area contributed by atoms with Gasteiger partial charge in [-0.05, 0) is 36.8 Å². The summed E-state index contributed by atoms with van der Waals surface area (Å²) < 4.78 is 7.63. The Bertz CT molecular complexity index is 1070. The third kappa shape index (κ3) is 2.85. The minimum absolute atomic E-state index is 0.306. The van der Waals surface area contributed by atoms with Crippen LogP contribution in [0.4, 0.5) is 0 Å². The summed E-state index contributed by atoms with van der Waals surface area (Å²) in [6.45, 7) is 2.60. The Kier molecular flexibility index (Phi) is 4.42. The summed E-state index contributed by atoms with van der Waals surface area (Å²) in [5, 5.41) is 11.5. The molecule has 0 N–H and O–H groups in total. The van der Waals surface area contributed by atoms with E-state index in [1.807, 2.05) is 49.4 Å². The number of nitriles is 1. The van der Waals surface area contributed by atoms with Gasteiger partial charge in [-0.15, -0.1) is 11.3 Å². The Morgan fingerprint density at radius 1 is 1.08 bits per heavy atom. The van der Waals surface area contributed by atoms with E-state index in [2.05, 4.69) is 28.0 Å². The van der Waals surface area contributed by atoms with Crippen LogP contribution < -0.4 is 4.74 Å². The Balaban J connectivity index is 1.87. The number of thiazole rings is 1. The Morgan fingerprint density at radius 2 is 1.85 bits per heavy atom. The van der Waals surface area contributed by atoms with E-state index in [0.29, 0.717) is 13.0 Å². The van der Waals surface area contributed by atoms with Crippen LogP contribution in [0.2, 0.25) is 0 Å². The summed E-state index contributed by atoms with van der Waals surface area (Å²) in [6, 6.07) is 20.4. The minimum Gasteiger partial charge on any atom is -0.494 e. The second-order valence-corrected chi connectivity index (χ2v) is 6.64. The van der Waals surface area contributed by atoms with Gasteiger partial charge in [0.05, 0.1) is 36.2 Å². The maximum absolute atomic E-state index is 9.37. The van der Waals surface area contributed by atoms with E-state index >= 15 is 0 Å². The van der Waals surface area contributed by atoms with Gasteiger partial charge in [-0.3, -0.25) is 4.40 Å². The third-order valence-corrected chi connectivity index (χ3v) is 5.04. The second-order valence-electron chi connectivity index (χ2n) is 5.80. The van der Waals surface area contributed by atoms with Gasteiger partial charge in [0.2, 0.25) is 0 Å². The highest BCUT2D eigenvalue weighted by Crippen LogP contribution is 2.33. The predicted molar refractivity (Wildman–Crippen MR) is 104 cm³/mol. The highest BCUT2D eigenvalue weighted by Gasteiger charge is 2.18. The summed E-state index contributed by atoms with van der Waals surface area (Å²) in [7, 11) is 0. The maximum atomic E-state index is 9.37. The SMILES string of the molecule is CCOc1ccc(-c2nc3scc(-c4ccccc4)n3c2CC#N)cc1. The lowest BCUT2D eigenvalue weighted by atomic mass is 10.1. The zero-order valence-electron chi connectivity index (χ0n) is 14.3. The Hall–Kier alpha value is -3.10. The van der Waals surface area contributed by atoms with Crippen LogP contribution in [0.15, 0.2) is 60.0 Å². The lowest BCUT2D eigenvalue weighted by Gasteiger charge is -2.06. The quantitative estimate of drug-likeness (QED) is 0.492. The molecule has 0 atom stereocenters. The molecule has 2 aromatic heterocycles. The lowest BCUT2D eigenvalue weighted by Crippen LogP contribution is -1.95. The molecule has 0 radical (unpaired) electrons. The Labute approximate surface area is 155 Å². The van der Waals surface area contributed by atoms with Gasteiger partial charge in [-0.25, -0.2) is 4.98 Å². The molecule has 2 heterocycles. The number of benzene rings is 2. The number of nitrogens with zero attached hydrogens (tertiary/aromatic N) is 3. The highest BCUT2D eigenvalue weighted by molar-refractivity contribution is 7.15. The number of ether oxygens (including phenoxy) is 1. The summed E-state index contributed by atoms with van der Waals surface area (Å²) in [5.74, 6) is 0.837. The Morgan fingerprint density at radius 3 is 2.54 bits per heavy atom. The average Bonchev–Trinajstić information content (AvgIpc) is 3.24. The zero-order chi connectivity index (χ0) is 17.9. The van der Waals surface area contributed by atoms with Crippen molar-refractivity contribution in [1.29, 1.82) is 5.26 Å². The second kappa shape index (κ2) is 7.03. The van der Waals surface area contributed by atoms with Crippen molar-refractivity contribution < 1.29 is 4.74 Å². The van der Waals surface area contributed by atoms with Crippen molar-refractivity contribution in [3.8, 4) is 34.3 Å². The first-order valence-electron chi connectivity index (χ1n) is 8.46. The van der Waals surface area contributed by atoms with Crippen LogP contribution in [0.25, 0.3) is 27.5 Å². The molecular weight excluding hydrogens is 342 g/mol. The van der Waals surface area contributed by atoms with Crippen LogP contribution in [0.1, 0.15) is 12.6 Å². The first-order valence-corrected chi connectivity index (χ1v) is 9.34. The summed E-state index contributed by atoms with van der Waals surface area (Å²) >= 11 is 1.59. The van der Waals surface area contributed by atoms with E-state index in [1.54, 1.807) is 11.3 Å². The van der Waals surface area contributed by atoms with Crippen LogP contribution in [0, 0.1) is 11.3 Å². The minimum atomic E-state index is 0.306. The van der Waals surface area contributed by atoms with Crippen LogP contribution in [0.5, 0.6) is 5.75 Å². The van der Waals surface area contributed by atoms with Gasteiger partial charge in [0, 0.05) is 10.9 Å². The fourth-order valence-electron chi connectivity index (χ4n) is 3.07. The maximum Gasteiger partial charge on any atom is 0.194 e. The number of hydrogen-bond donors (Lipinski definition) is 0. The van der Waals surface area contributed by atoms with Crippen molar-refractivity contribution in [2.24, 2.45) is 0 Å². The first-order chi connectivity index (χ1) is 12.8. The van der Waals surface area contributed by atoms with Gasteiger partial charge in [-0.1, -0.05) is 30.3 Å². The van der Waals surface area contributed by atoms with E-state index in [0.717, 1.165) is 38.9 Å².